The number of unbranched alkanes of at least 4 members (excludes halogenated alkanes) is 2. The predicted octanol–water partition coefficient (Wildman–Crippen LogP) is 7.32. The van der Waals surface area contributed by atoms with E-state index in [1.165, 1.54) is 7.11 Å². The molecule has 52 heavy (non-hydrogen) atoms. The molecule has 0 spiro atoms. The number of nitrogens with zero attached hydrogens (tertiary/aromatic N) is 4. The number of ether oxygens (including phenoxy) is 3. The van der Waals surface area contributed by atoms with Crippen molar-refractivity contribution in [1.82, 2.24) is 0 Å². The molecule has 2 N–H and O–H groups in total. The average Bonchev–Trinajstić information content (AvgIpc) is 3.09. The zero-order valence-corrected chi connectivity index (χ0v) is 30.6. The van der Waals surface area contributed by atoms with E-state index in [0.29, 0.717) is 55.9 Å². The van der Waals surface area contributed by atoms with Crippen LogP contribution in [0.1, 0.15) is 77.3 Å². The highest BCUT2D eigenvalue weighted by molar-refractivity contribution is 5.97. The molecule has 278 valence electrons. The predicted molar refractivity (Wildman–Crippen MR) is 198 cm³/mol. The minimum Gasteiger partial charge on any atom is -0.495 e. The maximum atomic E-state index is 13.5. The zero-order valence-electron chi connectivity index (χ0n) is 30.6. The summed E-state index contributed by atoms with van der Waals surface area (Å²) in [4.78, 5) is 49.4. The number of nitrogens with one attached hydrogen (secondary N) is 2. The second-order valence-electron chi connectivity index (χ2n) is 13.4. The lowest BCUT2D eigenvalue weighted by atomic mass is 9.84. The van der Waals surface area contributed by atoms with Crippen LogP contribution in [-0.2, 0) is 23.9 Å². The average molecular weight is 717 g/mol. The Balaban J connectivity index is 2.62. The van der Waals surface area contributed by atoms with Crippen LogP contribution < -0.4 is 20.3 Å². The van der Waals surface area contributed by atoms with Gasteiger partial charge in [0.2, 0.25) is 5.91 Å². The summed E-state index contributed by atoms with van der Waals surface area (Å²) < 4.78 is 16.1. The van der Waals surface area contributed by atoms with E-state index in [9.17, 15) is 35.0 Å². The third-order valence-electron chi connectivity index (χ3n) is 7.73. The highest BCUT2D eigenvalue weighted by Gasteiger charge is 2.23. The summed E-state index contributed by atoms with van der Waals surface area (Å²) >= 11 is 0. The first-order chi connectivity index (χ1) is 24.7. The monoisotopic (exact) mass is 716 g/mol. The van der Waals surface area contributed by atoms with Gasteiger partial charge in [0.15, 0.2) is 0 Å². The molecule has 1 atom stereocenters. The number of amides is 1. The van der Waals surface area contributed by atoms with Gasteiger partial charge in [-0.05, 0) is 49.5 Å². The van der Waals surface area contributed by atoms with Gasteiger partial charge in [-0.3, -0.25) is 14.9 Å². The summed E-state index contributed by atoms with van der Waals surface area (Å²) in [5.74, 6) is -0.849. The molecule has 14 heteroatoms. The van der Waals surface area contributed by atoms with Crippen LogP contribution >= 0.6 is 0 Å². The van der Waals surface area contributed by atoms with Crippen LogP contribution in [0.2, 0.25) is 0 Å². The molecule has 0 bridgehead atoms. The Morgan fingerprint density at radius 2 is 1.48 bits per heavy atom. The molecule has 0 aromatic heterocycles. The van der Waals surface area contributed by atoms with E-state index in [-0.39, 0.29) is 59.4 Å². The zero-order chi connectivity index (χ0) is 38.8. The molecular weight excluding hydrogens is 668 g/mol. The highest BCUT2D eigenvalue weighted by Crippen LogP contribution is 2.41. The molecule has 2 aromatic carbocycles. The minimum absolute atomic E-state index is 0.00549. The van der Waals surface area contributed by atoms with Gasteiger partial charge in [-0.15, -0.1) is 0 Å². The van der Waals surface area contributed by atoms with Crippen LogP contribution in [0.3, 0.4) is 0 Å². The van der Waals surface area contributed by atoms with Crippen LogP contribution in [0, 0.1) is 44.1 Å². The number of carbonyl (C=O) groups is 3. The third-order valence-corrected chi connectivity index (χ3v) is 7.73. The maximum Gasteiger partial charge on any atom is 0.330 e. The lowest BCUT2D eigenvalue weighted by molar-refractivity contribution is -0.384. The van der Waals surface area contributed by atoms with Gasteiger partial charge in [0, 0.05) is 49.9 Å². The van der Waals surface area contributed by atoms with Crippen molar-refractivity contribution in [3.8, 4) is 17.9 Å². The highest BCUT2D eigenvalue weighted by atomic mass is 16.6. The lowest BCUT2D eigenvalue weighted by Gasteiger charge is -2.29. The number of esters is 2. The van der Waals surface area contributed by atoms with E-state index in [2.05, 4.69) is 44.6 Å². The largest absolute Gasteiger partial charge is 0.495 e. The summed E-state index contributed by atoms with van der Waals surface area (Å²) in [6.07, 6.45) is 5.56. The molecule has 0 aliphatic heterocycles. The minimum atomic E-state index is -0.685. The van der Waals surface area contributed by atoms with E-state index < -0.39 is 22.5 Å². The van der Waals surface area contributed by atoms with Crippen molar-refractivity contribution in [2.24, 2.45) is 11.3 Å². The Bertz CT molecular complexity index is 1640. The quantitative estimate of drug-likeness (QED) is 0.0430. The first kappa shape index (κ1) is 42.3. The molecule has 0 radical (unpaired) electrons. The van der Waals surface area contributed by atoms with Crippen LogP contribution in [0.4, 0.5) is 28.4 Å². The molecule has 0 heterocycles. The van der Waals surface area contributed by atoms with E-state index in [1.807, 2.05) is 24.0 Å². The summed E-state index contributed by atoms with van der Waals surface area (Å²) in [7, 11) is 1.48. The number of nitro benzene ring substituents is 1. The van der Waals surface area contributed by atoms with Gasteiger partial charge in [-0.1, -0.05) is 40.9 Å². The Hall–Kier alpha value is -5.89. The number of non-ortho nitro benzene ring substituents is 1. The van der Waals surface area contributed by atoms with E-state index >= 15 is 0 Å². The number of rotatable bonds is 21. The molecule has 0 saturated carbocycles. The van der Waals surface area contributed by atoms with Gasteiger partial charge in [0.1, 0.15) is 17.9 Å². The van der Waals surface area contributed by atoms with Crippen LogP contribution in [0.5, 0.6) is 5.75 Å². The molecule has 0 fully saturated rings. The van der Waals surface area contributed by atoms with Gasteiger partial charge in [0.25, 0.3) is 5.69 Å². The van der Waals surface area contributed by atoms with Crippen molar-refractivity contribution in [2.75, 3.05) is 48.9 Å². The number of methoxy groups -OCH3 is 1. The molecule has 1 unspecified atom stereocenters. The van der Waals surface area contributed by atoms with Crippen molar-refractivity contribution in [3.63, 3.8) is 0 Å². The number of carbonyl (C=O) groups excluding carboxylic acids is 3. The molecule has 2 rings (SSSR count). The number of nitriles is 2. The van der Waals surface area contributed by atoms with Crippen LogP contribution in [0.15, 0.2) is 49.6 Å². The van der Waals surface area contributed by atoms with Crippen LogP contribution in [-0.4, -0.2) is 56.2 Å². The van der Waals surface area contributed by atoms with Crippen molar-refractivity contribution < 1.29 is 33.5 Å². The smallest absolute Gasteiger partial charge is 0.330 e. The molecule has 14 nitrogen and oxygen atoms in total. The summed E-state index contributed by atoms with van der Waals surface area (Å²) in [5.41, 5.74) is 0.560. The van der Waals surface area contributed by atoms with Crippen molar-refractivity contribution in [2.45, 2.75) is 66.2 Å². The molecular formula is C38H48N6O8. The molecule has 0 aliphatic carbocycles. The Morgan fingerprint density at radius 1 is 0.942 bits per heavy atom. The first-order valence-corrected chi connectivity index (χ1v) is 16.9. The normalized spacial score (nSPS) is 11.2. The SMILES string of the molecule is C=CC(=O)OCCCCN(CCCCOC(=O)C=C)c1cc(NC(=O)CC(C)CC(C)(C)C)c(Nc2c(C#N)cc([N+](=O)[O-])cc2C#N)cc1OC. The number of benzene rings is 2. The van der Waals surface area contributed by atoms with E-state index in [4.69, 9.17) is 14.2 Å². The lowest BCUT2D eigenvalue weighted by Crippen LogP contribution is -2.27. The van der Waals surface area contributed by atoms with Gasteiger partial charge >= 0.3 is 11.9 Å². The molecule has 0 saturated heterocycles. The summed E-state index contributed by atoms with van der Waals surface area (Å²) in [5, 5.41) is 37.3. The van der Waals surface area contributed by atoms with Crippen LogP contribution in [0.25, 0.3) is 0 Å². The Labute approximate surface area is 305 Å². The maximum absolute atomic E-state index is 13.5. The van der Waals surface area contributed by atoms with E-state index in [1.54, 1.807) is 12.1 Å². The third kappa shape index (κ3) is 13.8. The summed E-state index contributed by atoms with van der Waals surface area (Å²) in [6.45, 7) is 16.5. The Morgan fingerprint density at radius 3 is 1.92 bits per heavy atom. The topological polar surface area (TPSA) is 197 Å². The first-order valence-electron chi connectivity index (χ1n) is 16.9. The second-order valence-corrected chi connectivity index (χ2v) is 13.4. The van der Waals surface area contributed by atoms with Crippen molar-refractivity contribution in [1.29, 1.82) is 10.5 Å². The van der Waals surface area contributed by atoms with Gasteiger partial charge in [0.05, 0.1) is 59.1 Å². The van der Waals surface area contributed by atoms with Crippen molar-refractivity contribution >= 4 is 46.3 Å². The number of hydrogen-bond acceptors (Lipinski definition) is 12. The number of hydrogen-bond donors (Lipinski definition) is 2. The molecule has 2 aromatic rings. The number of nitro groups is 1. The van der Waals surface area contributed by atoms with E-state index in [0.717, 1.165) is 30.7 Å². The Kier molecular flexibility index (Phi) is 16.8. The fraction of sp³-hybridized carbons (Fsp3) is 0.447. The van der Waals surface area contributed by atoms with Crippen molar-refractivity contribution in [3.05, 3.63) is 70.8 Å². The van der Waals surface area contributed by atoms with Gasteiger partial charge < -0.3 is 29.7 Å². The second kappa shape index (κ2) is 20.7. The van der Waals surface area contributed by atoms with Gasteiger partial charge in [-0.25, -0.2) is 9.59 Å². The molecule has 0 aliphatic rings. The fourth-order valence-corrected chi connectivity index (χ4v) is 5.62. The summed E-state index contributed by atoms with van der Waals surface area (Å²) in [6, 6.07) is 9.34. The number of anilines is 4. The van der Waals surface area contributed by atoms with Gasteiger partial charge in [-0.2, -0.15) is 10.5 Å². The fourth-order valence-electron chi connectivity index (χ4n) is 5.62. The standard InChI is InChI=1S/C38H48N6O8/c1-8-35(46)51-16-12-10-14-43(15-11-13-17-52-36(47)9-2)32-21-30(41-34(45)18-26(3)23-38(4,5)6)31(22-33(32)50-7)42-37-27(24-39)19-29(44(48)49)20-28(37)25-40/h8-9,19-22,26,42H,1-2,10-18,23H2,3-7H3,(H,41,45). The molecule has 1 amide bonds.